The number of pyridine rings is 1. The average Bonchev–Trinajstić information content (AvgIpc) is 2.04. The molecular formula is C7H11N3O2S. The van der Waals surface area contributed by atoms with Crippen LogP contribution in [0.3, 0.4) is 0 Å². The lowest BCUT2D eigenvalue weighted by atomic mass is 10.4. The molecule has 0 amide bonds. The van der Waals surface area contributed by atoms with Crippen molar-refractivity contribution in [2.24, 2.45) is 0 Å². The second-order valence-corrected chi connectivity index (χ2v) is 4.75. The number of anilines is 1. The molecule has 5 nitrogen and oxygen atoms in total. The summed E-state index contributed by atoms with van der Waals surface area (Å²) in [5, 5.41) is -0.0972. The van der Waals surface area contributed by atoms with Gasteiger partial charge in [-0.2, -0.15) is 0 Å². The van der Waals surface area contributed by atoms with E-state index in [2.05, 4.69) is 4.98 Å². The van der Waals surface area contributed by atoms with Crippen molar-refractivity contribution in [2.45, 2.75) is 5.03 Å². The van der Waals surface area contributed by atoms with E-state index < -0.39 is 10.0 Å². The van der Waals surface area contributed by atoms with Crippen LogP contribution in [0.25, 0.3) is 0 Å². The number of nitrogen functional groups attached to an aromatic ring is 1. The highest BCUT2D eigenvalue weighted by atomic mass is 32.2. The molecule has 0 aliphatic rings. The van der Waals surface area contributed by atoms with Gasteiger partial charge in [0.05, 0.1) is 5.69 Å². The van der Waals surface area contributed by atoms with Crippen LogP contribution in [0, 0.1) is 0 Å². The molecule has 0 aromatic carbocycles. The molecule has 6 heteroatoms. The van der Waals surface area contributed by atoms with E-state index in [1.807, 2.05) is 0 Å². The summed E-state index contributed by atoms with van der Waals surface area (Å²) in [6.07, 6.45) is 1.40. The molecule has 1 rings (SSSR count). The summed E-state index contributed by atoms with van der Waals surface area (Å²) < 4.78 is 24.1. The van der Waals surface area contributed by atoms with E-state index in [0.717, 1.165) is 4.31 Å². The van der Waals surface area contributed by atoms with Gasteiger partial charge in [0.25, 0.3) is 10.0 Å². The van der Waals surface area contributed by atoms with E-state index in [9.17, 15) is 8.42 Å². The number of hydrogen-bond acceptors (Lipinski definition) is 4. The SMILES string of the molecule is CN(C)S(=O)(=O)c1ncccc1N. The van der Waals surface area contributed by atoms with Gasteiger partial charge in [-0.3, -0.25) is 0 Å². The topological polar surface area (TPSA) is 76.3 Å². The molecule has 0 spiro atoms. The van der Waals surface area contributed by atoms with Crippen LogP contribution in [-0.2, 0) is 10.0 Å². The number of nitrogens with two attached hydrogens (primary N) is 1. The summed E-state index contributed by atoms with van der Waals surface area (Å²) >= 11 is 0. The van der Waals surface area contributed by atoms with E-state index in [1.54, 1.807) is 6.07 Å². The number of hydrogen-bond donors (Lipinski definition) is 1. The number of nitrogens with zero attached hydrogens (tertiary/aromatic N) is 2. The fourth-order valence-electron chi connectivity index (χ4n) is 0.792. The Kier molecular flexibility index (Phi) is 2.53. The third-order valence-electron chi connectivity index (χ3n) is 1.53. The van der Waals surface area contributed by atoms with Gasteiger partial charge in [-0.15, -0.1) is 0 Å². The van der Waals surface area contributed by atoms with Gasteiger partial charge in [0.15, 0.2) is 5.03 Å². The Bertz CT molecular complexity index is 400. The Hall–Kier alpha value is -1.14. The molecule has 0 unspecified atom stereocenters. The van der Waals surface area contributed by atoms with Crippen molar-refractivity contribution >= 4 is 15.7 Å². The Morgan fingerprint density at radius 2 is 2.08 bits per heavy atom. The zero-order valence-corrected chi connectivity index (χ0v) is 8.25. The molecule has 0 saturated heterocycles. The van der Waals surface area contributed by atoms with Crippen LogP contribution < -0.4 is 5.73 Å². The highest BCUT2D eigenvalue weighted by molar-refractivity contribution is 7.89. The van der Waals surface area contributed by atoms with Gasteiger partial charge < -0.3 is 5.73 Å². The number of rotatable bonds is 2. The summed E-state index contributed by atoms with van der Waals surface area (Å²) in [6.45, 7) is 0. The second kappa shape index (κ2) is 3.31. The van der Waals surface area contributed by atoms with Gasteiger partial charge >= 0.3 is 0 Å². The quantitative estimate of drug-likeness (QED) is 0.725. The van der Waals surface area contributed by atoms with E-state index in [0.29, 0.717) is 0 Å². The van der Waals surface area contributed by atoms with E-state index >= 15 is 0 Å². The largest absolute Gasteiger partial charge is 0.396 e. The summed E-state index contributed by atoms with van der Waals surface area (Å²) in [5.41, 5.74) is 5.64. The lowest BCUT2D eigenvalue weighted by Crippen LogP contribution is -2.24. The standard InChI is InChI=1S/C7H11N3O2S/c1-10(2)13(11,12)7-6(8)4-3-5-9-7/h3-5H,8H2,1-2H3. The van der Waals surface area contributed by atoms with Gasteiger partial charge in [-0.25, -0.2) is 17.7 Å². The van der Waals surface area contributed by atoms with Crippen molar-refractivity contribution in [3.8, 4) is 0 Å². The van der Waals surface area contributed by atoms with Crippen molar-refractivity contribution in [1.29, 1.82) is 0 Å². The normalized spacial score (nSPS) is 11.9. The zero-order chi connectivity index (χ0) is 10.1. The van der Waals surface area contributed by atoms with Crippen LogP contribution in [0.5, 0.6) is 0 Å². The van der Waals surface area contributed by atoms with Crippen LogP contribution in [0.1, 0.15) is 0 Å². The highest BCUT2D eigenvalue weighted by Gasteiger charge is 2.20. The van der Waals surface area contributed by atoms with Crippen molar-refractivity contribution in [3.05, 3.63) is 18.3 Å². The first-order chi connectivity index (χ1) is 5.96. The van der Waals surface area contributed by atoms with Crippen LogP contribution in [0.4, 0.5) is 5.69 Å². The second-order valence-electron chi connectivity index (χ2n) is 2.69. The lowest BCUT2D eigenvalue weighted by molar-refractivity contribution is 0.517. The van der Waals surface area contributed by atoms with E-state index in [-0.39, 0.29) is 10.7 Å². The first-order valence-corrected chi connectivity index (χ1v) is 5.03. The van der Waals surface area contributed by atoms with Crippen LogP contribution in [0.2, 0.25) is 0 Å². The van der Waals surface area contributed by atoms with Crippen molar-refractivity contribution in [1.82, 2.24) is 9.29 Å². The molecule has 1 aromatic rings. The number of aromatic nitrogens is 1. The highest BCUT2D eigenvalue weighted by Crippen LogP contribution is 2.16. The molecule has 13 heavy (non-hydrogen) atoms. The molecule has 72 valence electrons. The predicted octanol–water partition coefficient (Wildman–Crippen LogP) is -0.0859. The first kappa shape index (κ1) is 9.94. The van der Waals surface area contributed by atoms with Gasteiger partial charge in [-0.05, 0) is 12.1 Å². The average molecular weight is 201 g/mol. The smallest absolute Gasteiger partial charge is 0.262 e. The Labute approximate surface area is 77.2 Å². The molecule has 0 fully saturated rings. The maximum Gasteiger partial charge on any atom is 0.262 e. The monoisotopic (exact) mass is 201 g/mol. The molecule has 0 aliphatic carbocycles. The van der Waals surface area contributed by atoms with Gasteiger partial charge in [-0.1, -0.05) is 0 Å². The van der Waals surface area contributed by atoms with Gasteiger partial charge in [0.1, 0.15) is 0 Å². The summed E-state index contributed by atoms with van der Waals surface area (Å²) in [4.78, 5) is 3.72. The minimum Gasteiger partial charge on any atom is -0.396 e. The summed E-state index contributed by atoms with van der Waals surface area (Å²) in [5.74, 6) is 0. The molecule has 0 bridgehead atoms. The van der Waals surface area contributed by atoms with E-state index in [1.165, 1.54) is 26.4 Å². The third kappa shape index (κ3) is 1.78. The molecular weight excluding hydrogens is 190 g/mol. The molecule has 1 heterocycles. The van der Waals surface area contributed by atoms with Crippen molar-refractivity contribution in [2.75, 3.05) is 19.8 Å². The molecule has 0 saturated carbocycles. The number of sulfonamides is 1. The summed E-state index contributed by atoms with van der Waals surface area (Å²) in [6, 6.07) is 3.09. The van der Waals surface area contributed by atoms with Crippen LogP contribution in [0.15, 0.2) is 23.4 Å². The Morgan fingerprint density at radius 1 is 1.46 bits per heavy atom. The fourth-order valence-corrected chi connectivity index (χ4v) is 1.70. The summed E-state index contributed by atoms with van der Waals surface area (Å²) in [7, 11) is -0.642. The fraction of sp³-hybridized carbons (Fsp3) is 0.286. The third-order valence-corrected chi connectivity index (χ3v) is 3.32. The van der Waals surface area contributed by atoms with Crippen LogP contribution in [-0.4, -0.2) is 31.8 Å². The van der Waals surface area contributed by atoms with Crippen LogP contribution >= 0.6 is 0 Å². The molecule has 2 N–H and O–H groups in total. The maximum atomic E-state index is 11.5. The molecule has 1 aromatic heterocycles. The molecule has 0 radical (unpaired) electrons. The lowest BCUT2D eigenvalue weighted by Gasteiger charge is -2.11. The minimum absolute atomic E-state index is 0.0972. The minimum atomic E-state index is -3.51. The maximum absolute atomic E-state index is 11.5. The molecule has 0 atom stereocenters. The van der Waals surface area contributed by atoms with E-state index in [4.69, 9.17) is 5.73 Å². The van der Waals surface area contributed by atoms with Gasteiger partial charge in [0.2, 0.25) is 0 Å². The molecule has 0 aliphatic heterocycles. The van der Waals surface area contributed by atoms with Crippen molar-refractivity contribution < 1.29 is 8.42 Å². The zero-order valence-electron chi connectivity index (χ0n) is 7.43. The predicted molar refractivity (Wildman–Crippen MR) is 49.5 cm³/mol. The Morgan fingerprint density at radius 3 is 2.54 bits per heavy atom. The Balaban J connectivity index is 3.32. The first-order valence-electron chi connectivity index (χ1n) is 3.59. The van der Waals surface area contributed by atoms with Gasteiger partial charge in [0, 0.05) is 20.3 Å². The van der Waals surface area contributed by atoms with Crippen molar-refractivity contribution in [3.63, 3.8) is 0 Å².